The second kappa shape index (κ2) is 13.7. The van der Waals surface area contributed by atoms with Crippen molar-refractivity contribution in [1.29, 1.82) is 0 Å². The zero-order valence-corrected chi connectivity index (χ0v) is 35.8. The number of para-hydroxylation sites is 2. The van der Waals surface area contributed by atoms with Gasteiger partial charge in [-0.05, 0) is 134 Å². The lowest BCUT2D eigenvalue weighted by atomic mass is 9.79. The summed E-state index contributed by atoms with van der Waals surface area (Å²) in [4.78, 5) is 5.01. The van der Waals surface area contributed by atoms with Gasteiger partial charge in [0, 0.05) is 49.6 Å². The van der Waals surface area contributed by atoms with Crippen molar-refractivity contribution in [3.05, 3.63) is 221 Å². The van der Waals surface area contributed by atoms with Gasteiger partial charge in [0.25, 0.3) is 0 Å². The summed E-state index contributed by atoms with van der Waals surface area (Å²) in [5, 5.41) is 7.66. The Bertz CT molecular complexity index is 3410. The summed E-state index contributed by atoms with van der Waals surface area (Å²) in [7, 11) is 0. The molecular formula is C60H48N2. The zero-order chi connectivity index (χ0) is 41.7. The molecule has 0 saturated carbocycles. The molecule has 3 aliphatic carbocycles. The molecule has 3 aliphatic rings. The molecule has 0 heterocycles. The highest BCUT2D eigenvalue weighted by atomic mass is 15.2. The molecule has 0 unspecified atom stereocenters. The van der Waals surface area contributed by atoms with E-state index in [0.29, 0.717) is 0 Å². The molecule has 298 valence electrons. The predicted octanol–water partition coefficient (Wildman–Crippen LogP) is 14.6. The molecule has 2 nitrogen and oxygen atoms in total. The summed E-state index contributed by atoms with van der Waals surface area (Å²) in [6.07, 6.45) is 4.41. The lowest BCUT2D eigenvalue weighted by molar-refractivity contribution is 0.652. The number of hydrogen-bond acceptors (Lipinski definition) is 2. The molecule has 0 aliphatic heterocycles. The van der Waals surface area contributed by atoms with Crippen LogP contribution < -0.4 is 20.2 Å². The summed E-state index contributed by atoms with van der Waals surface area (Å²) in [6, 6.07) is 70.2. The van der Waals surface area contributed by atoms with Crippen LogP contribution in [0.15, 0.2) is 188 Å². The van der Waals surface area contributed by atoms with Crippen molar-refractivity contribution in [2.45, 2.75) is 51.4 Å². The van der Waals surface area contributed by atoms with E-state index in [1.54, 1.807) is 0 Å². The van der Waals surface area contributed by atoms with Gasteiger partial charge in [-0.1, -0.05) is 161 Å². The Balaban J connectivity index is 1.04. The maximum absolute atomic E-state index is 2.57. The van der Waals surface area contributed by atoms with Gasteiger partial charge in [0.05, 0.1) is 11.4 Å². The molecule has 0 spiro atoms. The first-order valence-electron chi connectivity index (χ1n) is 22.2. The topological polar surface area (TPSA) is 6.48 Å². The third kappa shape index (κ3) is 5.36. The van der Waals surface area contributed by atoms with Crippen molar-refractivity contribution < 1.29 is 0 Å². The average molecular weight is 797 g/mol. The number of benzene rings is 9. The van der Waals surface area contributed by atoms with Crippen LogP contribution in [0.2, 0.25) is 0 Å². The molecule has 0 atom stereocenters. The van der Waals surface area contributed by atoms with E-state index in [-0.39, 0.29) is 10.8 Å². The zero-order valence-electron chi connectivity index (χ0n) is 35.8. The van der Waals surface area contributed by atoms with Gasteiger partial charge < -0.3 is 9.80 Å². The van der Waals surface area contributed by atoms with Crippen molar-refractivity contribution in [2.24, 2.45) is 0 Å². The normalized spacial score (nSPS) is 15.0. The Morgan fingerprint density at radius 3 is 1.79 bits per heavy atom. The summed E-state index contributed by atoms with van der Waals surface area (Å²) in [5.74, 6) is 0. The van der Waals surface area contributed by atoms with Crippen molar-refractivity contribution in [2.75, 3.05) is 9.80 Å². The van der Waals surface area contributed by atoms with Gasteiger partial charge in [-0.3, -0.25) is 0 Å². The van der Waals surface area contributed by atoms with E-state index in [9.17, 15) is 0 Å². The van der Waals surface area contributed by atoms with E-state index in [1.807, 2.05) is 0 Å². The third-order valence-corrected chi connectivity index (χ3v) is 14.3. The standard InChI is InChI=1S/C60H48N2/c1-59(2)51-35-43(61(41-23-7-5-8-24-41)55-31-17-21-39-19-11-13-27-44(39)55)33-34-46(51)49-36-53-50(37-52(49)59)58-48-30-16-15-29-47(48)57(38-54(58)60(53,3)4)62(42-25-9-6-10-26-42)56-32-18-22-40-20-12-14-28-45(40)56/h5-16,18-30,32-38H,17,31H2,1-4H3. The number of hydrogen-bond donors (Lipinski definition) is 0. The molecule has 0 bridgehead atoms. The van der Waals surface area contributed by atoms with E-state index in [0.717, 1.165) is 18.5 Å². The van der Waals surface area contributed by atoms with E-state index in [2.05, 4.69) is 232 Å². The quantitative estimate of drug-likeness (QED) is 0.165. The Morgan fingerprint density at radius 2 is 1.00 bits per heavy atom. The van der Waals surface area contributed by atoms with Gasteiger partial charge in [-0.2, -0.15) is 0 Å². The lowest BCUT2D eigenvalue weighted by Gasteiger charge is -2.31. The van der Waals surface area contributed by atoms with Gasteiger partial charge in [0.15, 0.2) is 0 Å². The monoisotopic (exact) mass is 796 g/mol. The molecule has 0 fully saturated rings. The van der Waals surface area contributed by atoms with Gasteiger partial charge >= 0.3 is 0 Å². The van der Waals surface area contributed by atoms with Gasteiger partial charge in [0.2, 0.25) is 0 Å². The van der Waals surface area contributed by atoms with E-state index < -0.39 is 0 Å². The summed E-state index contributed by atoms with van der Waals surface area (Å²) in [5.41, 5.74) is 17.8. The summed E-state index contributed by atoms with van der Waals surface area (Å²) in [6.45, 7) is 9.74. The molecular weight excluding hydrogens is 749 g/mol. The number of rotatable bonds is 6. The summed E-state index contributed by atoms with van der Waals surface area (Å²) < 4.78 is 0. The predicted molar refractivity (Wildman–Crippen MR) is 263 cm³/mol. The first kappa shape index (κ1) is 36.7. The van der Waals surface area contributed by atoms with Crippen LogP contribution in [0, 0.1) is 0 Å². The molecule has 9 aromatic carbocycles. The molecule has 2 heteroatoms. The van der Waals surface area contributed by atoms with Crippen molar-refractivity contribution in [3.8, 4) is 22.3 Å². The number of nitrogens with zero attached hydrogens (tertiary/aromatic N) is 2. The van der Waals surface area contributed by atoms with Crippen LogP contribution in [0.3, 0.4) is 0 Å². The highest BCUT2D eigenvalue weighted by Gasteiger charge is 2.43. The van der Waals surface area contributed by atoms with Gasteiger partial charge in [-0.15, -0.1) is 0 Å². The van der Waals surface area contributed by atoms with Gasteiger partial charge in [0.1, 0.15) is 0 Å². The smallest absolute Gasteiger partial charge is 0.0543 e. The van der Waals surface area contributed by atoms with Gasteiger partial charge in [-0.25, -0.2) is 0 Å². The molecule has 0 N–H and O–H groups in total. The van der Waals surface area contributed by atoms with Crippen LogP contribution in [0.25, 0.3) is 55.6 Å². The minimum absolute atomic E-state index is 0.206. The molecule has 0 radical (unpaired) electrons. The molecule has 0 amide bonds. The molecule has 9 aromatic rings. The SMILES string of the molecule is CC1(C)c2cc(N(C3=c4ccccc4=CCC3)c3ccccc3)ccc2-c2cc3c(cc21)-c1c(cc(N(c2ccccc2)c2cccc4ccccc24)c2ccccc12)C3(C)C. The first-order valence-corrected chi connectivity index (χ1v) is 22.2. The fourth-order valence-electron chi connectivity index (χ4n) is 11.2. The maximum atomic E-state index is 2.57. The van der Waals surface area contributed by atoms with E-state index >= 15 is 0 Å². The number of fused-ring (bicyclic) bond motifs is 10. The average Bonchev–Trinajstić information content (AvgIpc) is 3.67. The molecule has 0 aromatic heterocycles. The summed E-state index contributed by atoms with van der Waals surface area (Å²) >= 11 is 0. The highest BCUT2D eigenvalue weighted by molar-refractivity contribution is 6.12. The van der Waals surface area contributed by atoms with Crippen LogP contribution in [-0.4, -0.2) is 0 Å². The van der Waals surface area contributed by atoms with Crippen LogP contribution in [0.4, 0.5) is 28.4 Å². The molecule has 12 rings (SSSR count). The molecule has 62 heavy (non-hydrogen) atoms. The minimum atomic E-state index is -0.238. The van der Waals surface area contributed by atoms with Crippen LogP contribution in [0.5, 0.6) is 0 Å². The lowest BCUT2D eigenvalue weighted by Crippen LogP contribution is -2.35. The highest BCUT2D eigenvalue weighted by Crippen LogP contribution is 2.59. The Kier molecular flexibility index (Phi) is 8.09. The Hall–Kier alpha value is -7.16. The Labute approximate surface area is 364 Å². The second-order valence-corrected chi connectivity index (χ2v) is 18.4. The second-order valence-electron chi connectivity index (χ2n) is 18.4. The third-order valence-electron chi connectivity index (χ3n) is 14.3. The first-order chi connectivity index (χ1) is 30.3. The maximum Gasteiger partial charge on any atom is 0.0543 e. The van der Waals surface area contributed by atoms with Crippen LogP contribution in [0.1, 0.15) is 62.8 Å². The fraction of sp³-hybridized carbons (Fsp3) is 0.133. The van der Waals surface area contributed by atoms with E-state index in [4.69, 9.17) is 0 Å². The van der Waals surface area contributed by atoms with E-state index in [1.165, 1.54) is 105 Å². The number of anilines is 5. The molecule has 0 saturated heterocycles. The van der Waals surface area contributed by atoms with Crippen LogP contribution in [-0.2, 0) is 10.8 Å². The minimum Gasteiger partial charge on any atom is -0.314 e. The fourth-order valence-corrected chi connectivity index (χ4v) is 11.2. The van der Waals surface area contributed by atoms with Crippen molar-refractivity contribution >= 4 is 61.8 Å². The van der Waals surface area contributed by atoms with Crippen molar-refractivity contribution in [1.82, 2.24) is 0 Å². The Morgan fingerprint density at radius 1 is 0.403 bits per heavy atom. The van der Waals surface area contributed by atoms with Crippen molar-refractivity contribution in [3.63, 3.8) is 0 Å². The largest absolute Gasteiger partial charge is 0.314 e. The van der Waals surface area contributed by atoms with Crippen LogP contribution >= 0.6 is 0 Å².